The summed E-state index contributed by atoms with van der Waals surface area (Å²) in [7, 11) is 0. The molecular weight excluding hydrogens is 933 g/mol. The largest absolute Gasteiger partial charge is 0.455 e. The van der Waals surface area contributed by atoms with Gasteiger partial charge in [-0.2, -0.15) is 0 Å². The number of esters is 2. The smallest absolute Gasteiger partial charge is 0.311 e. The fraction of sp³-hybridized carbons (Fsp3) is 0.458. The average molecular weight is 1010 g/mol. The highest BCUT2D eigenvalue weighted by molar-refractivity contribution is 7.99. The molecule has 2 saturated heterocycles. The normalized spacial score (nSPS) is 24.6. The minimum atomic E-state index is -1.21. The quantitative estimate of drug-likeness (QED) is 0.0577. The van der Waals surface area contributed by atoms with Gasteiger partial charge in [-0.1, -0.05) is 159 Å². The molecule has 2 aliphatic rings. The van der Waals surface area contributed by atoms with Gasteiger partial charge in [0.25, 0.3) is 0 Å². The summed E-state index contributed by atoms with van der Waals surface area (Å²) in [6.07, 6.45) is -8.14. The Kier molecular flexibility index (Phi) is 20.5. The molecule has 0 aliphatic carbocycles. The standard InChI is InChI=1S/C59H72O12S/c1-8-72-55-53(71-57(61)59(5,6)7)51(66-38-45-32-22-13-23-33-45)49(64-36-43-28-18-11-19-29-43)47(69-55)40-67-54-52(70-56(60)58(2,3)4)50(65-37-44-30-20-12-21-31-44)48(63-35-42-26-16-10-17-27-42)46(68-54)39-62-34-41-24-14-9-15-25-41/h9-33,46-55H,8,34-40H2,1-7H3/t46?,47?,48-,49-,50?,51?,52+,53-,54-,55+/m1/s1. The van der Waals surface area contributed by atoms with Crippen molar-refractivity contribution in [2.75, 3.05) is 19.0 Å². The SMILES string of the molecule is CCS[C@@H]1OC(CO[C@@H]2OC(COCc3ccccc3)[C@@H](OCc3ccccc3)C(OCc3ccccc3)[C@@H]2OC(=O)C(C)(C)C)[C@@H](OCc2ccccc2)C(OCc2ccccc2)[C@H]1OC(=O)C(C)(C)C. The van der Waals surface area contributed by atoms with E-state index >= 15 is 0 Å². The molecule has 10 atom stereocenters. The summed E-state index contributed by atoms with van der Waals surface area (Å²) in [5, 5.41) is 0. The summed E-state index contributed by atoms with van der Waals surface area (Å²) in [6, 6.07) is 49.2. The van der Waals surface area contributed by atoms with Crippen LogP contribution in [0.3, 0.4) is 0 Å². The van der Waals surface area contributed by atoms with Crippen LogP contribution in [0.15, 0.2) is 152 Å². The van der Waals surface area contributed by atoms with E-state index in [1.807, 2.05) is 179 Å². The van der Waals surface area contributed by atoms with Gasteiger partial charge in [0, 0.05) is 0 Å². The van der Waals surface area contributed by atoms with Crippen molar-refractivity contribution in [1.29, 1.82) is 0 Å². The van der Waals surface area contributed by atoms with Gasteiger partial charge in [0.05, 0.1) is 57.1 Å². The zero-order chi connectivity index (χ0) is 50.9. The van der Waals surface area contributed by atoms with Gasteiger partial charge < -0.3 is 47.4 Å². The van der Waals surface area contributed by atoms with Crippen LogP contribution in [0, 0.1) is 10.8 Å². The number of rotatable bonds is 23. The first-order valence-corrected chi connectivity index (χ1v) is 26.0. The van der Waals surface area contributed by atoms with E-state index in [9.17, 15) is 9.59 Å². The van der Waals surface area contributed by atoms with Gasteiger partial charge in [-0.15, -0.1) is 11.8 Å². The Balaban J connectivity index is 1.26. The number of hydrogen-bond acceptors (Lipinski definition) is 13. The summed E-state index contributed by atoms with van der Waals surface area (Å²) in [5.41, 5.74) is 2.31. The molecule has 0 aromatic heterocycles. The second kappa shape index (κ2) is 26.9. The Labute approximate surface area is 430 Å². The minimum absolute atomic E-state index is 0.0908. The minimum Gasteiger partial charge on any atom is -0.455 e. The maximum absolute atomic E-state index is 14.2. The van der Waals surface area contributed by atoms with Crippen LogP contribution < -0.4 is 0 Å². The zero-order valence-electron chi connectivity index (χ0n) is 42.7. The first kappa shape index (κ1) is 54.8. The van der Waals surface area contributed by atoms with E-state index in [0.717, 1.165) is 27.8 Å². The van der Waals surface area contributed by atoms with Gasteiger partial charge in [0.2, 0.25) is 0 Å². The van der Waals surface area contributed by atoms with Gasteiger partial charge in [-0.05, 0) is 75.1 Å². The molecule has 0 radical (unpaired) electrons. The van der Waals surface area contributed by atoms with E-state index in [1.54, 1.807) is 20.8 Å². The van der Waals surface area contributed by atoms with Crippen LogP contribution in [0.2, 0.25) is 0 Å². The van der Waals surface area contributed by atoms with Crippen LogP contribution in [0.25, 0.3) is 0 Å². The molecule has 0 saturated carbocycles. The lowest BCUT2D eigenvalue weighted by molar-refractivity contribution is -0.331. The fourth-order valence-electron chi connectivity index (χ4n) is 8.22. The van der Waals surface area contributed by atoms with Gasteiger partial charge >= 0.3 is 11.9 Å². The van der Waals surface area contributed by atoms with Crippen LogP contribution in [0.4, 0.5) is 0 Å². The number of hydrogen-bond donors (Lipinski definition) is 0. The van der Waals surface area contributed by atoms with Gasteiger partial charge in [-0.25, -0.2) is 0 Å². The lowest BCUT2D eigenvalue weighted by Crippen LogP contribution is -2.64. The highest BCUT2D eigenvalue weighted by Gasteiger charge is 2.54. The predicted octanol–water partition coefficient (Wildman–Crippen LogP) is 10.7. The summed E-state index contributed by atoms with van der Waals surface area (Å²) >= 11 is 1.50. The van der Waals surface area contributed by atoms with Gasteiger partial charge in [0.15, 0.2) is 18.5 Å². The van der Waals surface area contributed by atoms with Crippen LogP contribution in [-0.4, -0.2) is 91.5 Å². The summed E-state index contributed by atoms with van der Waals surface area (Å²) < 4.78 is 67.7. The Morgan fingerprint density at radius 2 is 0.778 bits per heavy atom. The molecule has 386 valence electrons. The molecule has 0 N–H and O–H groups in total. The van der Waals surface area contributed by atoms with Crippen LogP contribution in [0.5, 0.6) is 0 Å². The van der Waals surface area contributed by atoms with Crippen LogP contribution in [-0.2, 0) is 90.0 Å². The molecule has 72 heavy (non-hydrogen) atoms. The lowest BCUT2D eigenvalue weighted by Gasteiger charge is -2.48. The molecule has 5 aromatic rings. The third-order valence-corrected chi connectivity index (χ3v) is 13.2. The Morgan fingerprint density at radius 3 is 1.17 bits per heavy atom. The van der Waals surface area contributed by atoms with Gasteiger partial charge in [-0.3, -0.25) is 9.59 Å². The molecule has 2 heterocycles. The molecule has 7 rings (SSSR count). The molecule has 12 nitrogen and oxygen atoms in total. The number of thioether (sulfide) groups is 1. The van der Waals surface area contributed by atoms with E-state index in [4.69, 9.17) is 47.4 Å². The number of carbonyl (C=O) groups is 2. The van der Waals surface area contributed by atoms with Crippen molar-refractivity contribution in [2.24, 2.45) is 10.8 Å². The Hall–Kier alpha value is -4.93. The molecule has 5 aromatic carbocycles. The Bertz CT molecular complexity index is 2350. The van der Waals surface area contributed by atoms with Crippen molar-refractivity contribution >= 4 is 23.7 Å². The fourth-order valence-corrected chi connectivity index (χ4v) is 9.16. The molecular formula is C59H72O12S. The summed E-state index contributed by atoms with van der Waals surface area (Å²) in [5.74, 6) is -0.226. The monoisotopic (exact) mass is 1000 g/mol. The van der Waals surface area contributed by atoms with Crippen molar-refractivity contribution in [2.45, 2.75) is 142 Å². The molecule has 2 aliphatic heterocycles. The second-order valence-electron chi connectivity index (χ2n) is 20.2. The highest BCUT2D eigenvalue weighted by Crippen LogP contribution is 2.38. The maximum Gasteiger partial charge on any atom is 0.311 e. The van der Waals surface area contributed by atoms with Crippen molar-refractivity contribution in [3.63, 3.8) is 0 Å². The highest BCUT2D eigenvalue weighted by atomic mass is 32.2. The second-order valence-corrected chi connectivity index (χ2v) is 21.5. The van der Waals surface area contributed by atoms with Crippen LogP contribution in [0.1, 0.15) is 76.3 Å². The molecule has 0 amide bonds. The molecule has 13 heteroatoms. The van der Waals surface area contributed by atoms with E-state index in [-0.39, 0.29) is 39.6 Å². The van der Waals surface area contributed by atoms with E-state index in [2.05, 4.69) is 0 Å². The van der Waals surface area contributed by atoms with Gasteiger partial charge in [0.1, 0.15) is 42.1 Å². The maximum atomic E-state index is 14.2. The van der Waals surface area contributed by atoms with Crippen molar-refractivity contribution in [1.82, 2.24) is 0 Å². The third-order valence-electron chi connectivity index (χ3n) is 12.2. The Morgan fingerprint density at radius 1 is 0.431 bits per heavy atom. The van der Waals surface area contributed by atoms with E-state index in [1.165, 1.54) is 11.8 Å². The number of ether oxygens (including phenoxy) is 10. The summed E-state index contributed by atoms with van der Waals surface area (Å²) in [6.45, 7) is 14.0. The lowest BCUT2D eigenvalue weighted by atomic mass is 9.95. The van der Waals surface area contributed by atoms with E-state index < -0.39 is 83.3 Å². The predicted molar refractivity (Wildman–Crippen MR) is 276 cm³/mol. The molecule has 0 spiro atoms. The molecule has 4 unspecified atom stereocenters. The molecule has 2 fully saturated rings. The van der Waals surface area contributed by atoms with E-state index in [0.29, 0.717) is 12.4 Å². The molecule has 0 bridgehead atoms. The number of benzene rings is 5. The first-order chi connectivity index (χ1) is 34.8. The zero-order valence-corrected chi connectivity index (χ0v) is 43.5. The summed E-state index contributed by atoms with van der Waals surface area (Å²) in [4.78, 5) is 28.0. The van der Waals surface area contributed by atoms with Crippen molar-refractivity contribution in [3.8, 4) is 0 Å². The topological polar surface area (TPSA) is 126 Å². The van der Waals surface area contributed by atoms with Crippen molar-refractivity contribution < 1.29 is 57.0 Å². The number of carbonyl (C=O) groups excluding carboxylic acids is 2. The first-order valence-electron chi connectivity index (χ1n) is 25.0. The average Bonchev–Trinajstić information content (AvgIpc) is 3.38. The van der Waals surface area contributed by atoms with Crippen molar-refractivity contribution in [3.05, 3.63) is 179 Å². The van der Waals surface area contributed by atoms with Crippen LogP contribution >= 0.6 is 11.8 Å². The third kappa shape index (κ3) is 16.0.